The lowest BCUT2D eigenvalue weighted by molar-refractivity contribution is -0.136. The van der Waals surface area contributed by atoms with Crippen LogP contribution in [-0.2, 0) is 17.8 Å². The lowest BCUT2D eigenvalue weighted by atomic mass is 10.2. The molecule has 0 aliphatic carbocycles. The van der Waals surface area contributed by atoms with Crippen LogP contribution >= 0.6 is 34.3 Å². The van der Waals surface area contributed by atoms with Crippen LogP contribution in [0.15, 0.2) is 33.8 Å². The first-order chi connectivity index (χ1) is 12.0. The molecule has 0 fully saturated rings. The second-order valence-electron chi connectivity index (χ2n) is 5.40. The first kappa shape index (κ1) is 16.2. The van der Waals surface area contributed by atoms with Crippen molar-refractivity contribution in [3.8, 4) is 0 Å². The normalized spacial score (nSPS) is 11.4. The summed E-state index contributed by atoms with van der Waals surface area (Å²) in [6.07, 6.45) is -0.233. The topological polar surface area (TPSA) is 85.1 Å². The van der Waals surface area contributed by atoms with Gasteiger partial charge in [0.15, 0.2) is 0 Å². The van der Waals surface area contributed by atoms with E-state index in [9.17, 15) is 9.59 Å². The number of rotatable bonds is 4. The average molecular weight is 392 g/mol. The fourth-order valence-corrected chi connectivity index (χ4v) is 4.52. The van der Waals surface area contributed by atoms with Gasteiger partial charge in [0.05, 0.1) is 34.3 Å². The quantitative estimate of drug-likeness (QED) is 0.576. The van der Waals surface area contributed by atoms with Crippen LogP contribution in [0, 0.1) is 0 Å². The number of hydrogen-bond acceptors (Lipinski definition) is 6. The Morgan fingerprint density at radius 2 is 2.08 bits per heavy atom. The molecular formula is C16H10ClN3O3S2. The Balaban J connectivity index is 1.80. The highest BCUT2D eigenvalue weighted by Gasteiger charge is 2.15. The molecule has 3 heterocycles. The van der Waals surface area contributed by atoms with E-state index in [1.807, 2.05) is 6.07 Å². The summed E-state index contributed by atoms with van der Waals surface area (Å²) in [7, 11) is 0. The van der Waals surface area contributed by atoms with E-state index in [-0.39, 0.29) is 18.5 Å². The largest absolute Gasteiger partial charge is 0.481 e. The molecule has 0 amide bonds. The number of aromatic nitrogens is 3. The van der Waals surface area contributed by atoms with E-state index >= 15 is 0 Å². The number of benzene rings is 1. The molecule has 0 unspecified atom stereocenters. The van der Waals surface area contributed by atoms with E-state index in [4.69, 9.17) is 16.7 Å². The summed E-state index contributed by atoms with van der Waals surface area (Å²) in [5.74, 6) is -0.986. The van der Waals surface area contributed by atoms with E-state index in [0.29, 0.717) is 26.5 Å². The second-order valence-corrected chi connectivity index (χ2v) is 7.69. The van der Waals surface area contributed by atoms with Crippen molar-refractivity contribution in [1.29, 1.82) is 0 Å². The van der Waals surface area contributed by atoms with Gasteiger partial charge in [0, 0.05) is 21.2 Å². The lowest BCUT2D eigenvalue weighted by Gasteiger charge is -2.06. The molecule has 126 valence electrons. The summed E-state index contributed by atoms with van der Waals surface area (Å²) < 4.78 is 2.25. The molecule has 9 heteroatoms. The fourth-order valence-electron chi connectivity index (χ4n) is 2.60. The fraction of sp³-hybridized carbons (Fsp3) is 0.125. The number of fused-ring (bicyclic) bond motifs is 2. The summed E-state index contributed by atoms with van der Waals surface area (Å²) in [6, 6.07) is 5.44. The SMILES string of the molecule is O=C(O)Cc1nn(Cc2nc3cc(Cl)ccc3s2)c(=O)c2cscc12. The molecule has 1 N–H and O–H groups in total. The number of carbonyl (C=O) groups is 1. The van der Waals surface area contributed by atoms with Gasteiger partial charge < -0.3 is 5.11 Å². The number of nitrogens with zero attached hydrogens (tertiary/aromatic N) is 3. The molecule has 0 bridgehead atoms. The first-order valence-electron chi connectivity index (χ1n) is 7.24. The highest BCUT2D eigenvalue weighted by Crippen LogP contribution is 2.25. The van der Waals surface area contributed by atoms with Crippen molar-refractivity contribution in [2.24, 2.45) is 0 Å². The number of thiazole rings is 1. The molecule has 0 saturated carbocycles. The maximum absolute atomic E-state index is 12.6. The Hall–Kier alpha value is -2.29. The van der Waals surface area contributed by atoms with E-state index < -0.39 is 5.97 Å². The Kier molecular flexibility index (Phi) is 4.03. The van der Waals surface area contributed by atoms with Crippen molar-refractivity contribution in [3.05, 3.63) is 55.0 Å². The van der Waals surface area contributed by atoms with Crippen LogP contribution in [0.5, 0.6) is 0 Å². The standard InChI is InChI=1S/C16H10ClN3O3S2/c17-8-1-2-13-12(3-8)18-14(25-13)5-20-16(23)10-7-24-6-9(10)11(19-20)4-15(21)22/h1-3,6-7H,4-5H2,(H,21,22). The summed E-state index contributed by atoms with van der Waals surface area (Å²) in [6.45, 7) is 0.189. The van der Waals surface area contributed by atoms with Crippen LogP contribution in [0.3, 0.4) is 0 Å². The van der Waals surface area contributed by atoms with Gasteiger partial charge in [0.2, 0.25) is 0 Å². The first-order valence-corrected chi connectivity index (χ1v) is 9.37. The minimum Gasteiger partial charge on any atom is -0.481 e. The van der Waals surface area contributed by atoms with Crippen LogP contribution in [-0.4, -0.2) is 25.8 Å². The van der Waals surface area contributed by atoms with Gasteiger partial charge >= 0.3 is 5.97 Å². The van der Waals surface area contributed by atoms with Crippen molar-refractivity contribution in [1.82, 2.24) is 14.8 Å². The molecule has 3 aromatic heterocycles. The number of carboxylic acid groups (broad SMARTS) is 1. The van der Waals surface area contributed by atoms with Crippen LogP contribution in [0.1, 0.15) is 10.7 Å². The van der Waals surface area contributed by atoms with Crippen molar-refractivity contribution in [2.75, 3.05) is 0 Å². The predicted molar refractivity (Wildman–Crippen MR) is 99.0 cm³/mol. The van der Waals surface area contributed by atoms with Gasteiger partial charge in [-0.05, 0) is 18.2 Å². The Morgan fingerprint density at radius 1 is 1.28 bits per heavy atom. The number of hydrogen-bond donors (Lipinski definition) is 1. The van der Waals surface area contributed by atoms with Crippen molar-refractivity contribution in [2.45, 2.75) is 13.0 Å². The molecule has 25 heavy (non-hydrogen) atoms. The third-order valence-electron chi connectivity index (χ3n) is 3.68. The van der Waals surface area contributed by atoms with Gasteiger partial charge in [-0.3, -0.25) is 9.59 Å². The molecule has 0 aliphatic rings. The zero-order valence-corrected chi connectivity index (χ0v) is 15.0. The molecule has 0 spiro atoms. The van der Waals surface area contributed by atoms with E-state index in [0.717, 1.165) is 10.2 Å². The lowest BCUT2D eigenvalue weighted by Crippen LogP contribution is -2.25. The third-order valence-corrected chi connectivity index (χ3v) is 5.68. The van der Waals surface area contributed by atoms with Gasteiger partial charge in [-0.2, -0.15) is 16.4 Å². The van der Waals surface area contributed by atoms with Gasteiger partial charge in [-0.1, -0.05) is 11.6 Å². The van der Waals surface area contributed by atoms with Gasteiger partial charge in [0.25, 0.3) is 5.56 Å². The highest BCUT2D eigenvalue weighted by molar-refractivity contribution is 7.18. The van der Waals surface area contributed by atoms with Crippen LogP contribution in [0.2, 0.25) is 5.02 Å². The van der Waals surface area contributed by atoms with Crippen LogP contribution in [0.25, 0.3) is 21.0 Å². The summed E-state index contributed by atoms with van der Waals surface area (Å²) in [5.41, 5.74) is 0.901. The smallest absolute Gasteiger partial charge is 0.309 e. The van der Waals surface area contributed by atoms with Crippen LogP contribution < -0.4 is 5.56 Å². The Bertz CT molecular complexity index is 1180. The molecule has 0 saturated heterocycles. The molecule has 0 radical (unpaired) electrons. The van der Waals surface area contributed by atoms with E-state index in [2.05, 4.69) is 10.1 Å². The predicted octanol–water partition coefficient (Wildman–Crippen LogP) is 3.40. The van der Waals surface area contributed by atoms with Crippen LogP contribution in [0.4, 0.5) is 0 Å². The highest BCUT2D eigenvalue weighted by atomic mass is 35.5. The zero-order chi connectivity index (χ0) is 17.6. The zero-order valence-electron chi connectivity index (χ0n) is 12.6. The number of carboxylic acids is 1. The van der Waals surface area contributed by atoms with Gasteiger partial charge in [-0.15, -0.1) is 11.3 Å². The molecule has 6 nitrogen and oxygen atoms in total. The van der Waals surface area contributed by atoms with E-state index in [1.165, 1.54) is 27.4 Å². The molecule has 4 rings (SSSR count). The van der Waals surface area contributed by atoms with Crippen molar-refractivity contribution < 1.29 is 9.90 Å². The minimum absolute atomic E-state index is 0.189. The van der Waals surface area contributed by atoms with Crippen molar-refractivity contribution in [3.63, 3.8) is 0 Å². The molecule has 4 aromatic rings. The molecular weight excluding hydrogens is 382 g/mol. The Labute approximate surface area is 153 Å². The molecule has 1 aromatic carbocycles. The maximum atomic E-state index is 12.6. The Morgan fingerprint density at radius 3 is 2.88 bits per heavy atom. The number of aliphatic carboxylic acids is 1. The number of thiophene rings is 1. The molecule has 0 atom stereocenters. The monoisotopic (exact) mass is 391 g/mol. The maximum Gasteiger partial charge on any atom is 0.309 e. The van der Waals surface area contributed by atoms with E-state index in [1.54, 1.807) is 22.9 Å². The van der Waals surface area contributed by atoms with Crippen molar-refractivity contribution >= 4 is 61.2 Å². The molecule has 0 aliphatic heterocycles. The second kappa shape index (κ2) is 6.21. The number of halogens is 1. The summed E-state index contributed by atoms with van der Waals surface area (Å²) >= 11 is 8.79. The van der Waals surface area contributed by atoms with Gasteiger partial charge in [-0.25, -0.2) is 9.67 Å². The average Bonchev–Trinajstić information content (AvgIpc) is 3.17. The summed E-state index contributed by atoms with van der Waals surface area (Å²) in [4.78, 5) is 28.2. The van der Waals surface area contributed by atoms with Gasteiger partial charge in [0.1, 0.15) is 5.01 Å². The summed E-state index contributed by atoms with van der Waals surface area (Å²) in [5, 5.41) is 19.2. The minimum atomic E-state index is -0.986. The third kappa shape index (κ3) is 3.04.